The van der Waals surface area contributed by atoms with Gasteiger partial charge in [-0.15, -0.1) is 16.9 Å². The summed E-state index contributed by atoms with van der Waals surface area (Å²) >= 11 is 2.37. The van der Waals surface area contributed by atoms with E-state index in [-0.39, 0.29) is 48.4 Å². The van der Waals surface area contributed by atoms with Crippen LogP contribution in [0.15, 0.2) is 29.2 Å². The summed E-state index contributed by atoms with van der Waals surface area (Å²) in [6.45, 7) is -0.531. The molecule has 3 aromatic rings. The van der Waals surface area contributed by atoms with Gasteiger partial charge in [-0.2, -0.15) is 0 Å². The number of Topliss-reactive ketones (excluding diaryl/α,β-unsaturated/α-hetero) is 1. The lowest BCUT2D eigenvalue weighted by Crippen LogP contribution is -2.15. The van der Waals surface area contributed by atoms with Crippen LogP contribution >= 0.6 is 23.3 Å². The van der Waals surface area contributed by atoms with Crippen molar-refractivity contribution in [1.82, 2.24) is 9.59 Å². The maximum absolute atomic E-state index is 15.0. The van der Waals surface area contributed by atoms with Crippen LogP contribution in [-0.2, 0) is 11.2 Å². The molecule has 3 rings (SSSR count). The standard InChI is InChI=1S/C18H16F2N2O3S2/c1-26-11-3-2-10(14(19)7-11)6-13-12(15(24)9-25-5-4-23)8-16-18(17(13)20)21-22-27-16/h2-3,7-8,23H,4-6,9H2,1H3. The summed E-state index contributed by atoms with van der Waals surface area (Å²) in [5.41, 5.74) is 0.504. The van der Waals surface area contributed by atoms with Crippen molar-refractivity contribution in [3.8, 4) is 0 Å². The van der Waals surface area contributed by atoms with Crippen LogP contribution in [0.25, 0.3) is 10.2 Å². The minimum Gasteiger partial charge on any atom is -0.394 e. The molecule has 9 heteroatoms. The molecule has 2 aromatic carbocycles. The van der Waals surface area contributed by atoms with E-state index in [0.29, 0.717) is 4.70 Å². The Hall–Kier alpha value is -1.94. The van der Waals surface area contributed by atoms with Crippen molar-refractivity contribution in [3.63, 3.8) is 0 Å². The van der Waals surface area contributed by atoms with Crippen molar-refractivity contribution in [2.75, 3.05) is 26.1 Å². The van der Waals surface area contributed by atoms with Gasteiger partial charge in [0.25, 0.3) is 0 Å². The number of carbonyl (C=O) groups excluding carboxylic acids is 1. The third-order valence-electron chi connectivity index (χ3n) is 3.98. The molecule has 0 aliphatic carbocycles. The normalized spacial score (nSPS) is 11.3. The second kappa shape index (κ2) is 8.83. The number of ether oxygens (including phenoxy) is 1. The van der Waals surface area contributed by atoms with Crippen LogP contribution in [0, 0.1) is 11.6 Å². The Kier molecular flexibility index (Phi) is 6.48. The first-order chi connectivity index (χ1) is 13.0. The number of hydrogen-bond acceptors (Lipinski definition) is 7. The predicted molar refractivity (Wildman–Crippen MR) is 101 cm³/mol. The summed E-state index contributed by atoms with van der Waals surface area (Å²) in [7, 11) is 0. The fourth-order valence-corrected chi connectivity index (χ4v) is 3.66. The fourth-order valence-electron chi connectivity index (χ4n) is 2.64. The third kappa shape index (κ3) is 4.32. The van der Waals surface area contributed by atoms with E-state index in [1.54, 1.807) is 12.1 Å². The number of benzene rings is 2. The molecule has 0 saturated carbocycles. The van der Waals surface area contributed by atoms with Gasteiger partial charge in [0.05, 0.1) is 17.9 Å². The number of hydrogen-bond donors (Lipinski definition) is 1. The second-order valence-electron chi connectivity index (χ2n) is 5.67. The molecule has 0 aliphatic heterocycles. The van der Waals surface area contributed by atoms with Gasteiger partial charge in [-0.05, 0) is 41.6 Å². The zero-order chi connectivity index (χ0) is 19.4. The van der Waals surface area contributed by atoms with Crippen molar-refractivity contribution < 1.29 is 23.4 Å². The molecule has 5 nitrogen and oxygen atoms in total. The summed E-state index contributed by atoms with van der Waals surface area (Å²) in [4.78, 5) is 13.3. The quantitative estimate of drug-likeness (QED) is 0.348. The van der Waals surface area contributed by atoms with Gasteiger partial charge in [-0.25, -0.2) is 8.78 Å². The SMILES string of the molecule is CSc1ccc(Cc2c(C(=O)COCCO)cc3snnc3c2F)c(F)c1. The van der Waals surface area contributed by atoms with Gasteiger partial charge in [-0.3, -0.25) is 4.79 Å². The number of ketones is 1. The molecule has 142 valence electrons. The van der Waals surface area contributed by atoms with Gasteiger partial charge in [0, 0.05) is 22.4 Å². The van der Waals surface area contributed by atoms with Crippen LogP contribution in [-0.4, -0.2) is 46.6 Å². The highest BCUT2D eigenvalue weighted by Crippen LogP contribution is 2.29. The molecule has 1 N–H and O–H groups in total. The Balaban J connectivity index is 2.02. The highest BCUT2D eigenvalue weighted by Gasteiger charge is 2.22. The molecular weight excluding hydrogens is 394 g/mol. The van der Waals surface area contributed by atoms with E-state index >= 15 is 4.39 Å². The topological polar surface area (TPSA) is 72.3 Å². The van der Waals surface area contributed by atoms with E-state index < -0.39 is 17.4 Å². The van der Waals surface area contributed by atoms with Crippen LogP contribution in [0.2, 0.25) is 0 Å². The number of halogens is 2. The second-order valence-corrected chi connectivity index (χ2v) is 7.34. The van der Waals surface area contributed by atoms with Gasteiger partial charge in [0.1, 0.15) is 17.9 Å². The first-order valence-electron chi connectivity index (χ1n) is 8.02. The van der Waals surface area contributed by atoms with E-state index in [1.165, 1.54) is 23.9 Å². The van der Waals surface area contributed by atoms with Crippen LogP contribution in [0.1, 0.15) is 21.5 Å². The van der Waals surface area contributed by atoms with Crippen LogP contribution in [0.4, 0.5) is 8.78 Å². The Morgan fingerprint density at radius 2 is 2.15 bits per heavy atom. The first kappa shape index (κ1) is 19.8. The van der Waals surface area contributed by atoms with E-state index in [1.807, 2.05) is 6.26 Å². The van der Waals surface area contributed by atoms with Gasteiger partial charge in [-0.1, -0.05) is 10.6 Å². The number of aromatic nitrogens is 2. The molecule has 0 bridgehead atoms. The Bertz CT molecular complexity index is 979. The monoisotopic (exact) mass is 410 g/mol. The molecule has 0 saturated heterocycles. The first-order valence-corrected chi connectivity index (χ1v) is 10.0. The minimum absolute atomic E-state index is 0.00130. The maximum atomic E-state index is 15.0. The van der Waals surface area contributed by atoms with Crippen molar-refractivity contribution >= 4 is 39.3 Å². The predicted octanol–water partition coefficient (Wildman–Crippen LogP) is 3.47. The summed E-state index contributed by atoms with van der Waals surface area (Å²) < 4.78 is 38.6. The van der Waals surface area contributed by atoms with E-state index in [0.717, 1.165) is 16.4 Å². The molecule has 0 aliphatic rings. The molecule has 27 heavy (non-hydrogen) atoms. The lowest BCUT2D eigenvalue weighted by atomic mass is 9.96. The molecule has 0 atom stereocenters. The van der Waals surface area contributed by atoms with Gasteiger partial charge in [0.2, 0.25) is 0 Å². The lowest BCUT2D eigenvalue weighted by molar-refractivity contribution is 0.0663. The number of aliphatic hydroxyl groups is 1. The molecule has 0 unspecified atom stereocenters. The number of aliphatic hydroxyl groups excluding tert-OH is 1. The summed E-state index contributed by atoms with van der Waals surface area (Å²) in [6.07, 6.45) is 1.74. The minimum atomic E-state index is -0.680. The average molecular weight is 410 g/mol. The lowest BCUT2D eigenvalue weighted by Gasteiger charge is -2.12. The Morgan fingerprint density at radius 1 is 1.33 bits per heavy atom. The van der Waals surface area contributed by atoms with Crippen molar-refractivity contribution in [1.29, 1.82) is 0 Å². The van der Waals surface area contributed by atoms with Crippen LogP contribution in [0.5, 0.6) is 0 Å². The van der Waals surface area contributed by atoms with Gasteiger partial charge >= 0.3 is 0 Å². The van der Waals surface area contributed by atoms with Crippen LogP contribution in [0.3, 0.4) is 0 Å². The van der Waals surface area contributed by atoms with Crippen LogP contribution < -0.4 is 0 Å². The molecule has 1 aromatic heterocycles. The van der Waals surface area contributed by atoms with Crippen molar-refractivity contribution in [2.24, 2.45) is 0 Å². The summed E-state index contributed by atoms with van der Waals surface area (Å²) in [5.74, 6) is -1.60. The summed E-state index contributed by atoms with van der Waals surface area (Å²) in [6, 6.07) is 6.22. The molecule has 0 amide bonds. The van der Waals surface area contributed by atoms with Gasteiger partial charge in [0.15, 0.2) is 11.6 Å². The molecule has 0 radical (unpaired) electrons. The maximum Gasteiger partial charge on any atom is 0.188 e. The molecule has 0 fully saturated rings. The average Bonchev–Trinajstić information content (AvgIpc) is 3.14. The third-order valence-corrected chi connectivity index (χ3v) is 5.38. The summed E-state index contributed by atoms with van der Waals surface area (Å²) in [5, 5.41) is 12.5. The zero-order valence-electron chi connectivity index (χ0n) is 14.4. The highest BCUT2D eigenvalue weighted by atomic mass is 32.2. The molecular formula is C18H16F2N2O3S2. The van der Waals surface area contributed by atoms with E-state index in [9.17, 15) is 9.18 Å². The number of fused-ring (bicyclic) bond motifs is 1. The van der Waals surface area contributed by atoms with Gasteiger partial charge < -0.3 is 9.84 Å². The number of thioether (sulfide) groups is 1. The van der Waals surface area contributed by atoms with E-state index in [4.69, 9.17) is 9.84 Å². The number of rotatable bonds is 8. The molecule has 0 spiro atoms. The Morgan fingerprint density at radius 3 is 2.85 bits per heavy atom. The van der Waals surface area contributed by atoms with E-state index in [2.05, 4.69) is 9.59 Å². The van der Waals surface area contributed by atoms with Crippen molar-refractivity contribution in [2.45, 2.75) is 11.3 Å². The number of carbonyl (C=O) groups is 1. The smallest absolute Gasteiger partial charge is 0.188 e. The largest absolute Gasteiger partial charge is 0.394 e. The fraction of sp³-hybridized carbons (Fsp3) is 0.278. The zero-order valence-corrected chi connectivity index (χ0v) is 16.0. The highest BCUT2D eigenvalue weighted by molar-refractivity contribution is 7.98. The van der Waals surface area contributed by atoms with Crippen molar-refractivity contribution in [3.05, 3.63) is 52.6 Å². The Labute approximate surface area is 162 Å². The number of nitrogens with zero attached hydrogens (tertiary/aromatic N) is 2. The molecule has 1 heterocycles.